The van der Waals surface area contributed by atoms with E-state index < -0.39 is 10.0 Å². The Morgan fingerprint density at radius 2 is 1.44 bits per heavy atom. The fraction of sp³-hybridized carbons (Fsp3) is 0.269. The second-order valence-electron chi connectivity index (χ2n) is 8.11. The molecule has 0 aliphatic carbocycles. The predicted octanol–water partition coefficient (Wildman–Crippen LogP) is 4.38. The molecule has 1 amide bonds. The third-order valence-electron chi connectivity index (χ3n) is 5.83. The second kappa shape index (κ2) is 10.1. The Bertz CT molecular complexity index is 1150. The number of sulfonamides is 1. The van der Waals surface area contributed by atoms with Crippen molar-refractivity contribution in [3.63, 3.8) is 0 Å². The Kier molecular flexibility index (Phi) is 7.02. The summed E-state index contributed by atoms with van der Waals surface area (Å²) in [6, 6.07) is 24.5. The van der Waals surface area contributed by atoms with Crippen LogP contribution in [0.1, 0.15) is 46.3 Å². The van der Waals surface area contributed by atoms with E-state index in [1.807, 2.05) is 54.6 Å². The van der Waals surface area contributed by atoms with Crippen molar-refractivity contribution in [2.75, 3.05) is 13.1 Å². The van der Waals surface area contributed by atoms with Crippen LogP contribution in [-0.4, -0.2) is 31.7 Å². The standard InChI is InChI=1S/C26H28N2O3S/c29-26(25-12-6-5-11-23(25)19-21-9-3-1-4-10-21)27-20-22-13-15-24(16-14-22)32(30,31)28-17-7-2-8-18-28/h1,3-6,9-16H,2,7-8,17-20H2,(H,27,29). The summed E-state index contributed by atoms with van der Waals surface area (Å²) >= 11 is 0. The van der Waals surface area contributed by atoms with Gasteiger partial charge < -0.3 is 5.32 Å². The highest BCUT2D eigenvalue weighted by atomic mass is 32.2. The normalized spacial score (nSPS) is 14.8. The highest BCUT2D eigenvalue weighted by molar-refractivity contribution is 7.89. The molecule has 1 heterocycles. The van der Waals surface area contributed by atoms with Crippen LogP contribution in [0.25, 0.3) is 0 Å². The summed E-state index contributed by atoms with van der Waals surface area (Å²) < 4.78 is 27.2. The molecule has 0 spiro atoms. The van der Waals surface area contributed by atoms with Crippen molar-refractivity contribution < 1.29 is 13.2 Å². The number of rotatable bonds is 7. The Morgan fingerprint density at radius 3 is 2.16 bits per heavy atom. The molecular formula is C26H28N2O3S. The number of nitrogens with one attached hydrogen (secondary N) is 1. The van der Waals surface area contributed by atoms with Crippen LogP contribution < -0.4 is 5.32 Å². The van der Waals surface area contributed by atoms with Gasteiger partial charge >= 0.3 is 0 Å². The quantitative estimate of drug-likeness (QED) is 0.583. The smallest absolute Gasteiger partial charge is 0.251 e. The van der Waals surface area contributed by atoms with E-state index in [0.29, 0.717) is 36.5 Å². The topological polar surface area (TPSA) is 66.5 Å². The highest BCUT2D eigenvalue weighted by Gasteiger charge is 2.25. The zero-order valence-electron chi connectivity index (χ0n) is 18.0. The van der Waals surface area contributed by atoms with E-state index in [-0.39, 0.29) is 5.91 Å². The molecule has 32 heavy (non-hydrogen) atoms. The van der Waals surface area contributed by atoms with Crippen LogP contribution in [0.15, 0.2) is 83.8 Å². The zero-order chi connectivity index (χ0) is 22.4. The maximum Gasteiger partial charge on any atom is 0.251 e. The molecule has 0 atom stereocenters. The molecule has 0 radical (unpaired) electrons. The minimum Gasteiger partial charge on any atom is -0.348 e. The van der Waals surface area contributed by atoms with E-state index in [1.54, 1.807) is 28.6 Å². The van der Waals surface area contributed by atoms with Crippen LogP contribution in [-0.2, 0) is 23.0 Å². The first-order chi connectivity index (χ1) is 15.5. The van der Waals surface area contributed by atoms with Gasteiger partial charge in [-0.25, -0.2) is 8.42 Å². The number of amides is 1. The minimum absolute atomic E-state index is 0.137. The first kappa shape index (κ1) is 22.2. The molecule has 3 aromatic carbocycles. The van der Waals surface area contributed by atoms with Crippen molar-refractivity contribution in [2.45, 2.75) is 37.1 Å². The van der Waals surface area contributed by atoms with Gasteiger partial charge in [-0.15, -0.1) is 0 Å². The van der Waals surface area contributed by atoms with Gasteiger partial charge in [-0.05, 0) is 54.2 Å². The van der Waals surface area contributed by atoms with E-state index in [4.69, 9.17) is 0 Å². The van der Waals surface area contributed by atoms with Gasteiger partial charge in [0.2, 0.25) is 10.0 Å². The van der Waals surface area contributed by atoms with Gasteiger partial charge in [-0.3, -0.25) is 4.79 Å². The zero-order valence-corrected chi connectivity index (χ0v) is 18.9. The molecule has 1 aliphatic rings. The van der Waals surface area contributed by atoms with Gasteiger partial charge in [0.05, 0.1) is 4.90 Å². The van der Waals surface area contributed by atoms with Crippen molar-refractivity contribution in [2.24, 2.45) is 0 Å². The molecule has 1 aliphatic heterocycles. The first-order valence-electron chi connectivity index (χ1n) is 11.0. The summed E-state index contributed by atoms with van der Waals surface area (Å²) in [6.07, 6.45) is 3.59. The van der Waals surface area contributed by atoms with Crippen LogP contribution in [0.5, 0.6) is 0 Å². The lowest BCUT2D eigenvalue weighted by Crippen LogP contribution is -2.35. The number of nitrogens with zero attached hydrogens (tertiary/aromatic N) is 1. The molecule has 5 nitrogen and oxygen atoms in total. The molecule has 1 N–H and O–H groups in total. The van der Waals surface area contributed by atoms with Gasteiger partial charge in [0.15, 0.2) is 0 Å². The summed E-state index contributed by atoms with van der Waals surface area (Å²) in [5.74, 6) is -0.137. The lowest BCUT2D eigenvalue weighted by molar-refractivity contribution is 0.0950. The largest absolute Gasteiger partial charge is 0.348 e. The number of piperidine rings is 1. The van der Waals surface area contributed by atoms with Crippen molar-refractivity contribution >= 4 is 15.9 Å². The lowest BCUT2D eigenvalue weighted by Gasteiger charge is -2.25. The van der Waals surface area contributed by atoms with Crippen LogP contribution in [0, 0.1) is 0 Å². The molecule has 6 heteroatoms. The Balaban J connectivity index is 1.40. The van der Waals surface area contributed by atoms with Crippen LogP contribution >= 0.6 is 0 Å². The fourth-order valence-corrected chi connectivity index (χ4v) is 5.54. The van der Waals surface area contributed by atoms with E-state index in [2.05, 4.69) is 5.32 Å². The van der Waals surface area contributed by atoms with E-state index in [1.165, 1.54) is 0 Å². The molecule has 1 fully saturated rings. The van der Waals surface area contributed by atoms with E-state index >= 15 is 0 Å². The third-order valence-corrected chi connectivity index (χ3v) is 7.74. The molecule has 3 aromatic rings. The first-order valence-corrected chi connectivity index (χ1v) is 12.5. The molecule has 166 valence electrons. The predicted molar refractivity (Wildman–Crippen MR) is 126 cm³/mol. The fourth-order valence-electron chi connectivity index (χ4n) is 4.02. The van der Waals surface area contributed by atoms with Crippen molar-refractivity contribution in [3.05, 3.63) is 101 Å². The van der Waals surface area contributed by atoms with Gasteiger partial charge in [0, 0.05) is 25.2 Å². The summed E-state index contributed by atoms with van der Waals surface area (Å²) in [5.41, 5.74) is 3.63. The summed E-state index contributed by atoms with van der Waals surface area (Å²) in [7, 11) is -3.44. The van der Waals surface area contributed by atoms with Gasteiger partial charge in [0.1, 0.15) is 0 Å². The molecule has 0 saturated carbocycles. The second-order valence-corrected chi connectivity index (χ2v) is 10.0. The Hall–Kier alpha value is -2.96. The number of hydrogen-bond donors (Lipinski definition) is 1. The van der Waals surface area contributed by atoms with Gasteiger partial charge in [0.25, 0.3) is 5.91 Å². The molecular weight excluding hydrogens is 420 g/mol. The minimum atomic E-state index is -3.44. The molecule has 0 unspecified atom stereocenters. The Labute approximate surface area is 190 Å². The summed E-state index contributed by atoms with van der Waals surface area (Å²) in [5, 5.41) is 2.96. The maximum absolute atomic E-state index is 12.8. The SMILES string of the molecule is O=C(NCc1ccc(S(=O)(=O)N2CCCCC2)cc1)c1ccccc1Cc1ccccc1. The van der Waals surface area contributed by atoms with E-state index in [9.17, 15) is 13.2 Å². The van der Waals surface area contributed by atoms with Gasteiger partial charge in [-0.2, -0.15) is 4.31 Å². The maximum atomic E-state index is 12.8. The monoisotopic (exact) mass is 448 g/mol. The molecule has 1 saturated heterocycles. The third kappa shape index (κ3) is 5.26. The number of carbonyl (C=O) groups excluding carboxylic acids is 1. The molecule has 0 aromatic heterocycles. The molecule has 0 bridgehead atoms. The van der Waals surface area contributed by atoms with Crippen molar-refractivity contribution in [3.8, 4) is 0 Å². The highest BCUT2D eigenvalue weighted by Crippen LogP contribution is 2.21. The van der Waals surface area contributed by atoms with Crippen molar-refractivity contribution in [1.29, 1.82) is 0 Å². The van der Waals surface area contributed by atoms with E-state index in [0.717, 1.165) is 36.0 Å². The lowest BCUT2D eigenvalue weighted by atomic mass is 9.99. The molecule has 4 rings (SSSR count). The number of carbonyl (C=O) groups is 1. The average Bonchev–Trinajstić information content (AvgIpc) is 2.84. The van der Waals surface area contributed by atoms with Crippen molar-refractivity contribution in [1.82, 2.24) is 9.62 Å². The van der Waals surface area contributed by atoms with Crippen LogP contribution in [0.2, 0.25) is 0 Å². The summed E-state index contributed by atoms with van der Waals surface area (Å²) in [6.45, 7) is 1.51. The summed E-state index contributed by atoms with van der Waals surface area (Å²) in [4.78, 5) is 13.2. The van der Waals surface area contributed by atoms with Gasteiger partial charge in [-0.1, -0.05) is 67.1 Å². The average molecular weight is 449 g/mol. The van der Waals surface area contributed by atoms with Crippen LogP contribution in [0.3, 0.4) is 0 Å². The number of benzene rings is 3. The number of hydrogen-bond acceptors (Lipinski definition) is 3. The van der Waals surface area contributed by atoms with Crippen LogP contribution in [0.4, 0.5) is 0 Å². The Morgan fingerprint density at radius 1 is 0.781 bits per heavy atom.